The Labute approximate surface area is 144 Å². The molecule has 0 radical (unpaired) electrons. The quantitative estimate of drug-likeness (QED) is 0.288. The first-order valence-electron chi connectivity index (χ1n) is 5.92. The molecule has 0 saturated heterocycles. The Kier molecular flexibility index (Phi) is 7.42. The first-order valence-corrected chi connectivity index (χ1v) is 7.94. The number of carbonyl (C=O) groups is 2. The lowest BCUT2D eigenvalue weighted by Crippen LogP contribution is -2.20. The van der Waals surface area contributed by atoms with Gasteiger partial charge in [0.2, 0.25) is 0 Å². The Bertz CT molecular complexity index is 560. The molecule has 0 bridgehead atoms. The van der Waals surface area contributed by atoms with Gasteiger partial charge in [0.25, 0.3) is 0 Å². The van der Waals surface area contributed by atoms with E-state index in [4.69, 9.17) is 21.1 Å². The molecular formula is C14H13Br2ClO4. The van der Waals surface area contributed by atoms with Crippen LogP contribution in [0.4, 0.5) is 0 Å². The molecule has 1 aromatic rings. The Hall–Kier alpha value is -0.850. The van der Waals surface area contributed by atoms with Crippen molar-refractivity contribution < 1.29 is 19.1 Å². The van der Waals surface area contributed by atoms with Crippen molar-refractivity contribution in [1.29, 1.82) is 0 Å². The molecule has 0 aliphatic heterocycles. The van der Waals surface area contributed by atoms with Gasteiger partial charge in [0, 0.05) is 10.0 Å². The van der Waals surface area contributed by atoms with Gasteiger partial charge in [-0.25, -0.2) is 4.79 Å². The maximum absolute atomic E-state index is 11.7. The van der Waals surface area contributed by atoms with Crippen LogP contribution in [0.5, 0.6) is 5.75 Å². The third-order valence-corrected chi connectivity index (χ3v) is 3.64. The second-order valence-electron chi connectivity index (χ2n) is 4.23. The van der Waals surface area contributed by atoms with Crippen molar-refractivity contribution in [3.8, 4) is 5.75 Å². The van der Waals surface area contributed by atoms with E-state index in [2.05, 4.69) is 38.4 Å². The second kappa shape index (κ2) is 8.56. The summed E-state index contributed by atoms with van der Waals surface area (Å²) in [6.45, 7) is 4.90. The van der Waals surface area contributed by atoms with Crippen molar-refractivity contribution >= 4 is 55.4 Å². The van der Waals surface area contributed by atoms with E-state index in [-0.39, 0.29) is 18.6 Å². The number of carbonyl (C=O) groups excluding carboxylic acids is 2. The molecule has 0 N–H and O–H groups in total. The minimum Gasteiger partial charge on any atom is -0.461 e. The van der Waals surface area contributed by atoms with E-state index in [1.54, 1.807) is 18.2 Å². The van der Waals surface area contributed by atoms with Gasteiger partial charge in [-0.2, -0.15) is 0 Å². The van der Waals surface area contributed by atoms with E-state index in [0.717, 1.165) is 4.47 Å². The topological polar surface area (TPSA) is 52.6 Å². The summed E-state index contributed by atoms with van der Waals surface area (Å²) in [4.78, 5) is 22.9. The lowest BCUT2D eigenvalue weighted by Gasteiger charge is -2.11. The van der Waals surface area contributed by atoms with Crippen LogP contribution in [0.3, 0.4) is 0 Å². The predicted octanol–water partition coefficient (Wildman–Crippen LogP) is 4.23. The Balaban J connectivity index is 2.46. The highest BCUT2D eigenvalue weighted by molar-refractivity contribution is 9.11. The van der Waals surface area contributed by atoms with Gasteiger partial charge < -0.3 is 9.47 Å². The largest absolute Gasteiger partial charge is 0.461 e. The van der Waals surface area contributed by atoms with Crippen LogP contribution in [-0.2, 0) is 14.3 Å². The average Bonchev–Trinajstić information content (AvgIpc) is 2.39. The molecule has 114 valence electrons. The number of esters is 2. The SMILES string of the molecule is C=C(C)C(=O)OCC(Cl)CC(=O)Oc1ccc(Br)cc1Br. The van der Waals surface area contributed by atoms with E-state index < -0.39 is 17.3 Å². The third kappa shape index (κ3) is 6.63. The van der Waals surface area contributed by atoms with E-state index in [0.29, 0.717) is 10.2 Å². The van der Waals surface area contributed by atoms with Gasteiger partial charge in [0.15, 0.2) is 0 Å². The summed E-state index contributed by atoms with van der Waals surface area (Å²) >= 11 is 12.5. The molecule has 0 aliphatic carbocycles. The monoisotopic (exact) mass is 438 g/mol. The molecule has 0 saturated carbocycles. The average molecular weight is 441 g/mol. The Morgan fingerprint density at radius 2 is 2.05 bits per heavy atom. The zero-order chi connectivity index (χ0) is 16.0. The minimum atomic E-state index is -0.657. The van der Waals surface area contributed by atoms with Gasteiger partial charge in [-0.3, -0.25) is 4.79 Å². The van der Waals surface area contributed by atoms with Crippen molar-refractivity contribution in [2.24, 2.45) is 0 Å². The lowest BCUT2D eigenvalue weighted by molar-refractivity contribution is -0.140. The zero-order valence-electron chi connectivity index (χ0n) is 11.2. The molecule has 0 spiro atoms. The summed E-state index contributed by atoms with van der Waals surface area (Å²) in [6, 6.07) is 5.16. The maximum atomic E-state index is 11.7. The van der Waals surface area contributed by atoms with Crippen LogP contribution in [0, 0.1) is 0 Å². The molecule has 1 aromatic carbocycles. The zero-order valence-corrected chi connectivity index (χ0v) is 15.1. The smallest absolute Gasteiger partial charge is 0.333 e. The molecule has 7 heteroatoms. The van der Waals surface area contributed by atoms with Crippen molar-refractivity contribution in [2.45, 2.75) is 18.7 Å². The maximum Gasteiger partial charge on any atom is 0.333 e. The minimum absolute atomic E-state index is 0.0759. The second-order valence-corrected chi connectivity index (χ2v) is 6.62. The number of ether oxygens (including phenoxy) is 2. The van der Waals surface area contributed by atoms with Gasteiger partial charge in [-0.05, 0) is 41.1 Å². The molecule has 0 heterocycles. The van der Waals surface area contributed by atoms with E-state index >= 15 is 0 Å². The third-order valence-electron chi connectivity index (χ3n) is 2.25. The van der Waals surface area contributed by atoms with Gasteiger partial charge in [0.1, 0.15) is 12.4 Å². The fourth-order valence-electron chi connectivity index (χ4n) is 1.25. The highest BCUT2D eigenvalue weighted by atomic mass is 79.9. The van der Waals surface area contributed by atoms with Crippen LogP contribution in [0.1, 0.15) is 13.3 Å². The van der Waals surface area contributed by atoms with Crippen LogP contribution in [0.25, 0.3) is 0 Å². The van der Waals surface area contributed by atoms with Gasteiger partial charge >= 0.3 is 11.9 Å². The van der Waals surface area contributed by atoms with E-state index in [1.807, 2.05) is 0 Å². The summed E-state index contributed by atoms with van der Waals surface area (Å²) in [7, 11) is 0. The number of hydrogen-bond donors (Lipinski definition) is 0. The fourth-order valence-corrected chi connectivity index (χ4v) is 2.57. The summed E-state index contributed by atoms with van der Waals surface area (Å²) < 4.78 is 11.5. The molecule has 21 heavy (non-hydrogen) atoms. The first-order chi connectivity index (χ1) is 9.79. The summed E-state index contributed by atoms with van der Waals surface area (Å²) in [5.41, 5.74) is 0.278. The number of alkyl halides is 1. The molecule has 1 unspecified atom stereocenters. The Morgan fingerprint density at radius 1 is 1.38 bits per heavy atom. The molecule has 0 aromatic heterocycles. The van der Waals surface area contributed by atoms with Gasteiger partial charge in [-0.15, -0.1) is 11.6 Å². The van der Waals surface area contributed by atoms with E-state index in [9.17, 15) is 9.59 Å². The summed E-state index contributed by atoms with van der Waals surface area (Å²) in [6.07, 6.45) is -0.0759. The van der Waals surface area contributed by atoms with Gasteiger partial charge in [0.05, 0.1) is 16.3 Å². The molecule has 1 rings (SSSR count). The van der Waals surface area contributed by atoms with Crippen molar-refractivity contribution in [1.82, 2.24) is 0 Å². The molecule has 0 fully saturated rings. The standard InChI is InChI=1S/C14H13Br2ClO4/c1-8(2)14(19)20-7-10(17)6-13(18)21-12-4-3-9(15)5-11(12)16/h3-5,10H,1,6-7H2,2H3. The van der Waals surface area contributed by atoms with Crippen molar-refractivity contribution in [3.63, 3.8) is 0 Å². The fraction of sp³-hybridized carbons (Fsp3) is 0.286. The van der Waals surface area contributed by atoms with Gasteiger partial charge in [-0.1, -0.05) is 22.5 Å². The number of halogens is 3. The van der Waals surface area contributed by atoms with Crippen LogP contribution >= 0.6 is 43.5 Å². The predicted molar refractivity (Wildman–Crippen MR) is 87.5 cm³/mol. The summed E-state index contributed by atoms with van der Waals surface area (Å²) in [5, 5.41) is -0.657. The Morgan fingerprint density at radius 3 is 2.62 bits per heavy atom. The summed E-state index contributed by atoms with van der Waals surface area (Å²) in [5.74, 6) is -0.653. The van der Waals surface area contributed by atoms with E-state index in [1.165, 1.54) is 6.92 Å². The van der Waals surface area contributed by atoms with Crippen LogP contribution in [-0.4, -0.2) is 23.9 Å². The normalized spacial score (nSPS) is 11.6. The molecule has 0 amide bonds. The molecule has 0 aliphatic rings. The molecule has 1 atom stereocenters. The number of rotatable bonds is 6. The van der Waals surface area contributed by atoms with Crippen LogP contribution in [0.15, 0.2) is 39.3 Å². The number of benzene rings is 1. The van der Waals surface area contributed by atoms with Crippen molar-refractivity contribution in [3.05, 3.63) is 39.3 Å². The van der Waals surface area contributed by atoms with Crippen LogP contribution < -0.4 is 4.74 Å². The van der Waals surface area contributed by atoms with Crippen LogP contribution in [0.2, 0.25) is 0 Å². The molecular weight excluding hydrogens is 427 g/mol. The molecule has 4 nitrogen and oxygen atoms in total. The van der Waals surface area contributed by atoms with Crippen molar-refractivity contribution in [2.75, 3.05) is 6.61 Å². The number of hydrogen-bond acceptors (Lipinski definition) is 4. The lowest BCUT2D eigenvalue weighted by atomic mass is 10.3. The highest BCUT2D eigenvalue weighted by Gasteiger charge is 2.16. The first kappa shape index (κ1) is 18.2. The highest BCUT2D eigenvalue weighted by Crippen LogP contribution is 2.28.